The Hall–Kier alpha value is -1.55. The average Bonchev–Trinajstić information content (AvgIpc) is 3.08. The highest BCUT2D eigenvalue weighted by Crippen LogP contribution is 2.25. The van der Waals surface area contributed by atoms with Crippen LogP contribution in [0.15, 0.2) is 18.2 Å². The Morgan fingerprint density at radius 3 is 2.84 bits per heavy atom. The zero-order valence-corrected chi connectivity index (χ0v) is 11.7. The molecule has 0 bridgehead atoms. The smallest absolute Gasteiger partial charge is 0.251 e. The Morgan fingerprint density at radius 1 is 1.47 bits per heavy atom. The number of nitrogens with one attached hydrogen (secondary N) is 1. The minimum atomic E-state index is -0.0281. The van der Waals surface area contributed by atoms with Crippen molar-refractivity contribution < 1.29 is 4.79 Å². The van der Waals surface area contributed by atoms with Crippen LogP contribution in [0.3, 0.4) is 0 Å². The van der Waals surface area contributed by atoms with Crippen LogP contribution in [-0.4, -0.2) is 21.5 Å². The van der Waals surface area contributed by atoms with Gasteiger partial charge in [0.05, 0.1) is 11.0 Å². The molecule has 4 nitrogen and oxygen atoms in total. The quantitative estimate of drug-likeness (QED) is 0.937. The molecule has 19 heavy (non-hydrogen) atoms. The van der Waals surface area contributed by atoms with Crippen LogP contribution in [0.5, 0.6) is 0 Å². The van der Waals surface area contributed by atoms with Gasteiger partial charge in [0.2, 0.25) is 5.28 Å². The fourth-order valence-electron chi connectivity index (χ4n) is 2.20. The van der Waals surface area contributed by atoms with Crippen molar-refractivity contribution in [3.8, 4) is 0 Å². The largest absolute Gasteiger partial charge is 0.349 e. The molecule has 1 aliphatic carbocycles. The highest BCUT2D eigenvalue weighted by atomic mass is 35.5. The molecule has 1 N–H and O–H groups in total. The fraction of sp³-hybridized carbons (Fsp3) is 0.429. The molecule has 0 unspecified atom stereocenters. The molecule has 0 spiro atoms. The molecule has 1 aliphatic rings. The third-order valence-electron chi connectivity index (χ3n) is 3.34. The number of hydrogen-bond acceptors (Lipinski definition) is 2. The average molecular weight is 278 g/mol. The van der Waals surface area contributed by atoms with Gasteiger partial charge in [-0.05, 0) is 56.5 Å². The van der Waals surface area contributed by atoms with E-state index in [-0.39, 0.29) is 11.9 Å². The standard InChI is InChI=1S/C14H16ClN3O/c1-8(2)18-12-6-3-9(7-11(12)17-14(18)15)13(19)16-10-4-5-10/h3,6-8,10H,4-5H2,1-2H3,(H,16,19). The molecule has 1 fully saturated rings. The molecule has 0 radical (unpaired) electrons. The van der Waals surface area contributed by atoms with Crippen LogP contribution in [0.2, 0.25) is 5.28 Å². The lowest BCUT2D eigenvalue weighted by molar-refractivity contribution is 0.0951. The van der Waals surface area contributed by atoms with Gasteiger partial charge < -0.3 is 9.88 Å². The second kappa shape index (κ2) is 4.53. The molecule has 1 aromatic carbocycles. The Kier molecular flexibility index (Phi) is 2.97. The van der Waals surface area contributed by atoms with Gasteiger partial charge in [-0.1, -0.05) is 0 Å². The molecular weight excluding hydrogens is 262 g/mol. The third kappa shape index (κ3) is 2.32. The lowest BCUT2D eigenvalue weighted by Gasteiger charge is -2.09. The van der Waals surface area contributed by atoms with E-state index in [0.717, 1.165) is 23.9 Å². The van der Waals surface area contributed by atoms with Crippen LogP contribution in [0, 0.1) is 0 Å². The lowest BCUT2D eigenvalue weighted by Crippen LogP contribution is -2.25. The van der Waals surface area contributed by atoms with Crippen molar-refractivity contribution in [3.63, 3.8) is 0 Å². The van der Waals surface area contributed by atoms with Gasteiger partial charge in [-0.25, -0.2) is 4.98 Å². The number of amides is 1. The minimum Gasteiger partial charge on any atom is -0.349 e. The summed E-state index contributed by atoms with van der Waals surface area (Å²) in [6, 6.07) is 6.15. The number of benzene rings is 1. The van der Waals surface area contributed by atoms with Gasteiger partial charge in [0.15, 0.2) is 0 Å². The highest BCUT2D eigenvalue weighted by Gasteiger charge is 2.24. The number of carbonyl (C=O) groups excluding carboxylic acids is 1. The first-order chi connectivity index (χ1) is 9.06. The van der Waals surface area contributed by atoms with Gasteiger partial charge in [0, 0.05) is 17.6 Å². The van der Waals surface area contributed by atoms with Crippen LogP contribution >= 0.6 is 11.6 Å². The molecule has 1 amide bonds. The van der Waals surface area contributed by atoms with E-state index in [0.29, 0.717) is 16.9 Å². The maximum atomic E-state index is 12.0. The summed E-state index contributed by atoms with van der Waals surface area (Å²) in [4.78, 5) is 16.3. The number of imidazole rings is 1. The van der Waals surface area contributed by atoms with E-state index in [1.165, 1.54) is 0 Å². The fourth-order valence-corrected chi connectivity index (χ4v) is 2.58. The monoisotopic (exact) mass is 277 g/mol. The SMILES string of the molecule is CC(C)n1c(Cl)nc2cc(C(=O)NC3CC3)ccc21. The maximum Gasteiger partial charge on any atom is 0.251 e. The first-order valence-corrected chi connectivity index (χ1v) is 6.92. The molecule has 0 saturated heterocycles. The van der Waals surface area contributed by atoms with Gasteiger partial charge >= 0.3 is 0 Å². The van der Waals surface area contributed by atoms with Crippen molar-refractivity contribution in [3.05, 3.63) is 29.0 Å². The molecule has 1 aromatic heterocycles. The van der Waals surface area contributed by atoms with Crippen molar-refractivity contribution >= 4 is 28.5 Å². The molecular formula is C14H16ClN3O. The molecule has 100 valence electrons. The Morgan fingerprint density at radius 2 is 2.21 bits per heavy atom. The van der Waals surface area contributed by atoms with Gasteiger partial charge in [-0.2, -0.15) is 0 Å². The van der Waals surface area contributed by atoms with Crippen molar-refractivity contribution in [1.82, 2.24) is 14.9 Å². The number of halogens is 1. The van der Waals surface area contributed by atoms with Crippen LogP contribution in [-0.2, 0) is 0 Å². The van der Waals surface area contributed by atoms with Gasteiger partial charge in [-0.15, -0.1) is 0 Å². The molecule has 5 heteroatoms. The van der Waals surface area contributed by atoms with E-state index in [1.807, 2.05) is 16.7 Å². The van der Waals surface area contributed by atoms with Crippen molar-refractivity contribution in [2.75, 3.05) is 0 Å². The molecule has 3 rings (SSSR count). The van der Waals surface area contributed by atoms with E-state index < -0.39 is 0 Å². The summed E-state index contributed by atoms with van der Waals surface area (Å²) < 4.78 is 1.96. The second-order valence-electron chi connectivity index (χ2n) is 5.30. The summed E-state index contributed by atoms with van der Waals surface area (Å²) in [6.07, 6.45) is 2.17. The van der Waals surface area contributed by atoms with E-state index in [2.05, 4.69) is 24.1 Å². The van der Waals surface area contributed by atoms with E-state index >= 15 is 0 Å². The maximum absolute atomic E-state index is 12.0. The molecule has 1 heterocycles. The van der Waals surface area contributed by atoms with Crippen molar-refractivity contribution in [1.29, 1.82) is 0 Å². The summed E-state index contributed by atoms with van der Waals surface area (Å²) in [5, 5.41) is 3.44. The van der Waals surface area contributed by atoms with Crippen molar-refractivity contribution in [2.45, 2.75) is 38.8 Å². The van der Waals surface area contributed by atoms with Gasteiger partial charge in [-0.3, -0.25) is 4.79 Å². The number of fused-ring (bicyclic) bond motifs is 1. The molecule has 2 aromatic rings. The number of rotatable bonds is 3. The second-order valence-corrected chi connectivity index (χ2v) is 5.63. The van der Waals surface area contributed by atoms with Crippen LogP contribution in [0.1, 0.15) is 43.1 Å². The Balaban J connectivity index is 1.99. The number of carbonyl (C=O) groups is 1. The predicted molar refractivity (Wildman–Crippen MR) is 75.6 cm³/mol. The summed E-state index contributed by atoms with van der Waals surface area (Å²) in [6.45, 7) is 4.11. The van der Waals surface area contributed by atoms with E-state index in [9.17, 15) is 4.79 Å². The Bertz CT molecular complexity index is 643. The van der Waals surface area contributed by atoms with E-state index in [4.69, 9.17) is 11.6 Å². The number of hydrogen-bond donors (Lipinski definition) is 1. The third-order valence-corrected chi connectivity index (χ3v) is 3.60. The van der Waals surface area contributed by atoms with E-state index in [1.54, 1.807) is 6.07 Å². The lowest BCUT2D eigenvalue weighted by atomic mass is 10.2. The summed E-state index contributed by atoms with van der Waals surface area (Å²) in [5.41, 5.74) is 2.37. The van der Waals surface area contributed by atoms with Crippen LogP contribution < -0.4 is 5.32 Å². The predicted octanol–water partition coefficient (Wildman–Crippen LogP) is 3.16. The number of nitrogens with zero attached hydrogens (tertiary/aromatic N) is 2. The normalized spacial score (nSPS) is 15.2. The summed E-state index contributed by atoms with van der Waals surface area (Å²) in [5.74, 6) is -0.0281. The minimum absolute atomic E-state index is 0.0281. The topological polar surface area (TPSA) is 46.9 Å². The molecule has 1 saturated carbocycles. The molecule has 0 aliphatic heterocycles. The summed E-state index contributed by atoms with van der Waals surface area (Å²) in [7, 11) is 0. The zero-order chi connectivity index (χ0) is 13.6. The van der Waals surface area contributed by atoms with Gasteiger partial charge in [0.1, 0.15) is 0 Å². The highest BCUT2D eigenvalue weighted by molar-refractivity contribution is 6.29. The van der Waals surface area contributed by atoms with Crippen LogP contribution in [0.4, 0.5) is 0 Å². The summed E-state index contributed by atoms with van der Waals surface area (Å²) >= 11 is 6.14. The van der Waals surface area contributed by atoms with Crippen molar-refractivity contribution in [2.24, 2.45) is 0 Å². The Labute approximate surface area is 116 Å². The zero-order valence-electron chi connectivity index (χ0n) is 11.0. The first-order valence-electron chi connectivity index (χ1n) is 6.54. The van der Waals surface area contributed by atoms with Crippen LogP contribution in [0.25, 0.3) is 11.0 Å². The van der Waals surface area contributed by atoms with Gasteiger partial charge in [0.25, 0.3) is 5.91 Å². The number of aromatic nitrogens is 2. The molecule has 0 atom stereocenters. The first kappa shape index (κ1) is 12.5.